The molecule has 1 atom stereocenters. The van der Waals surface area contributed by atoms with Gasteiger partial charge < -0.3 is 10.2 Å². The predicted molar refractivity (Wildman–Crippen MR) is 125 cm³/mol. The zero-order valence-corrected chi connectivity index (χ0v) is 17.7. The van der Waals surface area contributed by atoms with Crippen molar-refractivity contribution >= 4 is 11.8 Å². The van der Waals surface area contributed by atoms with E-state index in [2.05, 4.69) is 5.32 Å². The van der Waals surface area contributed by atoms with E-state index in [-0.39, 0.29) is 11.8 Å². The van der Waals surface area contributed by atoms with Crippen molar-refractivity contribution in [2.24, 2.45) is 0 Å². The first-order valence-electron chi connectivity index (χ1n) is 10.9. The summed E-state index contributed by atoms with van der Waals surface area (Å²) in [6.07, 6.45) is 0.509. The molecule has 5 rings (SSSR count). The second kappa shape index (κ2) is 8.67. The molecule has 0 aromatic heterocycles. The fourth-order valence-electron chi connectivity index (χ4n) is 4.43. The van der Waals surface area contributed by atoms with Crippen molar-refractivity contribution in [1.29, 1.82) is 0 Å². The number of fused-ring (bicyclic) bond motifs is 2. The molecular formula is C28H24N2O2. The van der Waals surface area contributed by atoms with Gasteiger partial charge in [0.1, 0.15) is 6.04 Å². The van der Waals surface area contributed by atoms with Crippen molar-refractivity contribution in [3.63, 3.8) is 0 Å². The number of benzene rings is 2. The topological polar surface area (TPSA) is 49.4 Å². The second-order valence-electron chi connectivity index (χ2n) is 8.15. The molecule has 1 unspecified atom stereocenters. The SMILES string of the molecule is O=C(NCc1ccccc1)C1Cc2ccccc2CN1C(=O)c1ccc2cccccc1-2. The molecule has 1 aliphatic heterocycles. The van der Waals surface area contributed by atoms with Gasteiger partial charge in [0.2, 0.25) is 5.91 Å². The highest BCUT2D eigenvalue weighted by atomic mass is 16.2. The number of amides is 2. The minimum absolute atomic E-state index is 0.111. The maximum absolute atomic E-state index is 13.7. The predicted octanol–water partition coefficient (Wildman–Crippen LogP) is 4.67. The fraction of sp³-hybridized carbons (Fsp3) is 0.143. The Morgan fingerprint density at radius 3 is 2.28 bits per heavy atom. The number of nitrogens with zero attached hydrogens (tertiary/aromatic N) is 1. The Labute approximate surface area is 187 Å². The highest BCUT2D eigenvalue weighted by Crippen LogP contribution is 2.31. The van der Waals surface area contributed by atoms with Crippen LogP contribution in [0.5, 0.6) is 0 Å². The normalized spacial score (nSPS) is 15.2. The van der Waals surface area contributed by atoms with Crippen LogP contribution in [0.4, 0.5) is 0 Å². The third-order valence-corrected chi connectivity index (χ3v) is 6.14. The fourth-order valence-corrected chi connectivity index (χ4v) is 4.43. The molecule has 2 amide bonds. The lowest BCUT2D eigenvalue weighted by molar-refractivity contribution is -0.126. The van der Waals surface area contributed by atoms with Crippen molar-refractivity contribution in [2.45, 2.75) is 25.6 Å². The lowest BCUT2D eigenvalue weighted by atomic mass is 9.92. The van der Waals surface area contributed by atoms with Gasteiger partial charge in [0.15, 0.2) is 0 Å². The van der Waals surface area contributed by atoms with Crippen molar-refractivity contribution in [3.8, 4) is 11.1 Å². The molecule has 0 fully saturated rings. The Morgan fingerprint density at radius 2 is 1.47 bits per heavy atom. The van der Waals surface area contributed by atoms with E-state index in [1.165, 1.54) is 0 Å². The van der Waals surface area contributed by atoms with E-state index in [9.17, 15) is 9.59 Å². The molecule has 3 aliphatic rings. The van der Waals surface area contributed by atoms with Crippen LogP contribution in [0.1, 0.15) is 27.0 Å². The largest absolute Gasteiger partial charge is 0.350 e. The summed E-state index contributed by atoms with van der Waals surface area (Å²) in [6, 6.07) is 31.0. The summed E-state index contributed by atoms with van der Waals surface area (Å²) in [5.41, 5.74) is 5.80. The first-order chi connectivity index (χ1) is 15.7. The van der Waals surface area contributed by atoms with Gasteiger partial charge in [-0.2, -0.15) is 0 Å². The molecule has 0 saturated carbocycles. The lowest BCUT2D eigenvalue weighted by Crippen LogP contribution is -2.52. The molecule has 4 heteroatoms. The number of nitrogens with one attached hydrogen (secondary N) is 1. The summed E-state index contributed by atoms with van der Waals surface area (Å²) in [7, 11) is 0. The molecule has 2 aromatic rings. The second-order valence-corrected chi connectivity index (χ2v) is 8.15. The van der Waals surface area contributed by atoms with Crippen LogP contribution in [0.2, 0.25) is 0 Å². The molecule has 0 spiro atoms. The van der Waals surface area contributed by atoms with Gasteiger partial charge in [-0.1, -0.05) is 91.0 Å². The lowest BCUT2D eigenvalue weighted by Gasteiger charge is -2.36. The van der Waals surface area contributed by atoms with Crippen LogP contribution in [-0.2, 0) is 24.3 Å². The standard InChI is InChI=1S/C28H24N2O2/c31-27(29-18-20-9-3-1-4-10-20)26-17-22-12-7-8-13-23(22)19-30(26)28(32)25-16-15-21-11-5-2-6-14-24(21)25/h1-16,26H,17-19H2,(H,29,31). The smallest absolute Gasteiger partial charge is 0.255 e. The van der Waals surface area contributed by atoms with E-state index < -0.39 is 6.04 Å². The number of hydrogen-bond donors (Lipinski definition) is 1. The van der Waals surface area contributed by atoms with Crippen molar-refractivity contribution in [1.82, 2.24) is 10.2 Å². The average Bonchev–Trinajstić information content (AvgIpc) is 3.09. The van der Waals surface area contributed by atoms with E-state index in [4.69, 9.17) is 0 Å². The van der Waals surface area contributed by atoms with Gasteiger partial charge >= 0.3 is 0 Å². The third kappa shape index (κ3) is 3.87. The van der Waals surface area contributed by atoms with Crippen molar-refractivity contribution in [3.05, 3.63) is 119 Å². The molecule has 0 saturated heterocycles. The van der Waals surface area contributed by atoms with Crippen LogP contribution in [0.15, 0.2) is 97.1 Å². The summed E-state index contributed by atoms with van der Waals surface area (Å²) in [4.78, 5) is 28.7. The van der Waals surface area contributed by atoms with Crippen LogP contribution in [0.25, 0.3) is 11.1 Å². The number of rotatable bonds is 4. The van der Waals surface area contributed by atoms with Crippen molar-refractivity contribution < 1.29 is 9.59 Å². The van der Waals surface area contributed by atoms with Gasteiger partial charge in [0.25, 0.3) is 5.91 Å². The molecular weight excluding hydrogens is 396 g/mol. The first-order valence-corrected chi connectivity index (χ1v) is 10.9. The Morgan fingerprint density at radius 1 is 0.781 bits per heavy atom. The summed E-state index contributed by atoms with van der Waals surface area (Å²) >= 11 is 0. The maximum atomic E-state index is 13.7. The molecule has 2 aromatic carbocycles. The maximum Gasteiger partial charge on any atom is 0.255 e. The minimum Gasteiger partial charge on any atom is -0.350 e. The van der Waals surface area contributed by atoms with E-state index in [1.54, 1.807) is 4.90 Å². The van der Waals surface area contributed by atoms with Crippen molar-refractivity contribution in [2.75, 3.05) is 0 Å². The van der Waals surface area contributed by atoms with Crippen LogP contribution >= 0.6 is 0 Å². The Kier molecular flexibility index (Phi) is 5.42. The Balaban J connectivity index is 1.45. The van der Waals surface area contributed by atoms with Gasteiger partial charge in [-0.15, -0.1) is 0 Å². The average molecular weight is 421 g/mol. The zero-order valence-electron chi connectivity index (χ0n) is 17.7. The third-order valence-electron chi connectivity index (χ3n) is 6.14. The number of hydrogen-bond acceptors (Lipinski definition) is 2. The summed E-state index contributed by atoms with van der Waals surface area (Å²) in [6.45, 7) is 0.860. The summed E-state index contributed by atoms with van der Waals surface area (Å²) < 4.78 is 0. The highest BCUT2D eigenvalue weighted by Gasteiger charge is 2.35. The minimum atomic E-state index is -0.552. The molecule has 1 N–H and O–H groups in total. The molecule has 1 heterocycles. The molecule has 0 bridgehead atoms. The molecule has 4 nitrogen and oxygen atoms in total. The Hall–Kier alpha value is -3.92. The zero-order chi connectivity index (χ0) is 21.9. The number of carbonyl (C=O) groups is 2. The van der Waals surface area contributed by atoms with E-state index in [0.29, 0.717) is 25.1 Å². The highest BCUT2D eigenvalue weighted by molar-refractivity contribution is 6.04. The molecule has 2 aliphatic carbocycles. The molecule has 32 heavy (non-hydrogen) atoms. The monoisotopic (exact) mass is 420 g/mol. The van der Waals surface area contributed by atoms with Crippen LogP contribution in [0.3, 0.4) is 0 Å². The summed E-state index contributed by atoms with van der Waals surface area (Å²) in [5, 5.41) is 3.04. The van der Waals surface area contributed by atoms with Crippen LogP contribution in [0, 0.1) is 0 Å². The summed E-state index contributed by atoms with van der Waals surface area (Å²) in [5.74, 6) is -0.237. The Bertz CT molecular complexity index is 1230. The number of carbonyl (C=O) groups excluding carboxylic acids is 2. The van der Waals surface area contributed by atoms with Gasteiger partial charge in [-0.05, 0) is 33.9 Å². The van der Waals surface area contributed by atoms with Gasteiger partial charge in [-0.25, -0.2) is 0 Å². The molecule has 0 radical (unpaired) electrons. The van der Waals surface area contributed by atoms with E-state index in [1.807, 2.05) is 97.1 Å². The van der Waals surface area contributed by atoms with E-state index in [0.717, 1.165) is 27.8 Å². The van der Waals surface area contributed by atoms with Crippen LogP contribution in [-0.4, -0.2) is 22.8 Å². The quantitative estimate of drug-likeness (QED) is 0.521. The van der Waals surface area contributed by atoms with Gasteiger partial charge in [0.05, 0.1) is 0 Å². The van der Waals surface area contributed by atoms with E-state index >= 15 is 0 Å². The van der Waals surface area contributed by atoms with Crippen LogP contribution < -0.4 is 5.32 Å². The van der Waals surface area contributed by atoms with Gasteiger partial charge in [-0.3, -0.25) is 9.59 Å². The molecule has 158 valence electrons. The first kappa shape index (κ1) is 20.0. The van der Waals surface area contributed by atoms with Gasteiger partial charge in [0, 0.05) is 25.1 Å².